The van der Waals surface area contributed by atoms with Gasteiger partial charge in [0.15, 0.2) is 69.5 Å². The second-order valence-corrected chi connectivity index (χ2v) is 12.6. The maximum Gasteiger partial charge on any atom is 0.422 e. The summed E-state index contributed by atoms with van der Waals surface area (Å²) < 4.78 is 207. The van der Waals surface area contributed by atoms with Crippen molar-refractivity contribution in [1.29, 1.82) is 10.5 Å². The summed E-state index contributed by atoms with van der Waals surface area (Å²) in [5, 5.41) is 29.2. The van der Waals surface area contributed by atoms with E-state index in [1.54, 1.807) is 0 Å². The lowest BCUT2D eigenvalue weighted by Gasteiger charge is -2.16. The number of alkyl halides is 6. The average Bonchev–Trinajstić information content (AvgIpc) is 3.97. The minimum Gasteiger partial charge on any atom is -0.221 e. The number of benzene rings is 2. The summed E-state index contributed by atoms with van der Waals surface area (Å²) in [5.74, 6) is -23.7. The zero-order chi connectivity index (χ0) is 43.3. The predicted molar refractivity (Wildman–Crippen MR) is 177 cm³/mol. The number of halogens is 14. The number of hydrogen-bond donors (Lipinski definition) is 0. The molecule has 0 radical (unpaired) electrons. The molecule has 0 fully saturated rings. The number of fused-ring (bicyclic) bond motifs is 2. The van der Waals surface area contributed by atoms with Crippen molar-refractivity contribution in [3.8, 4) is 12.1 Å². The van der Waals surface area contributed by atoms with Gasteiger partial charge in [-0.1, -0.05) is 12.1 Å². The van der Waals surface area contributed by atoms with Crippen LogP contribution in [0.5, 0.6) is 0 Å². The number of pyridine rings is 2. The molecule has 8 rings (SSSR count). The van der Waals surface area contributed by atoms with Crippen LogP contribution in [0.2, 0.25) is 0 Å². The van der Waals surface area contributed by atoms with Crippen LogP contribution in [0.3, 0.4) is 0 Å². The molecule has 300 valence electrons. The summed E-state index contributed by atoms with van der Waals surface area (Å²) in [5.41, 5.74) is -16.8. The van der Waals surface area contributed by atoms with Gasteiger partial charge < -0.3 is 0 Å². The van der Waals surface area contributed by atoms with E-state index in [9.17, 15) is 36.9 Å². The van der Waals surface area contributed by atoms with Crippen LogP contribution < -0.4 is 0 Å². The fourth-order valence-electron chi connectivity index (χ4n) is 6.75. The van der Waals surface area contributed by atoms with Gasteiger partial charge in [0.05, 0.1) is 22.3 Å². The molecule has 22 heteroatoms. The van der Waals surface area contributed by atoms with E-state index in [1.165, 1.54) is 60.9 Å². The first kappa shape index (κ1) is 39.2. The Labute approximate surface area is 322 Å². The lowest BCUT2D eigenvalue weighted by molar-refractivity contribution is -0.144. The zero-order valence-electron chi connectivity index (χ0n) is 28.6. The highest BCUT2D eigenvalue weighted by Gasteiger charge is 2.46. The number of rotatable bonds is 4. The van der Waals surface area contributed by atoms with Crippen molar-refractivity contribution in [3.05, 3.63) is 164 Å². The van der Waals surface area contributed by atoms with Crippen LogP contribution in [0.1, 0.15) is 33.9 Å². The predicted octanol–water partition coefficient (Wildman–Crippen LogP) is 9.67. The Morgan fingerprint density at radius 2 is 0.833 bits per heavy atom. The molecule has 2 aromatic carbocycles. The summed E-state index contributed by atoms with van der Waals surface area (Å²) in [4.78, 5) is 8.44. The second-order valence-electron chi connectivity index (χ2n) is 12.6. The van der Waals surface area contributed by atoms with Gasteiger partial charge >= 0.3 is 12.4 Å². The summed E-state index contributed by atoms with van der Waals surface area (Å²) in [6.45, 7) is 0. The van der Waals surface area contributed by atoms with E-state index >= 15 is 35.1 Å². The van der Waals surface area contributed by atoms with E-state index in [0.717, 1.165) is 21.2 Å². The molecule has 2 aliphatic carbocycles. The first-order valence-electron chi connectivity index (χ1n) is 16.3. The van der Waals surface area contributed by atoms with Crippen LogP contribution in [0, 0.1) is 69.2 Å². The van der Waals surface area contributed by atoms with Crippen LogP contribution in [0.15, 0.2) is 83.2 Å². The Hall–Kier alpha value is -7.62. The topological polar surface area (TPSA) is 108 Å². The molecule has 8 nitrogen and oxygen atoms in total. The molecule has 0 aliphatic heterocycles. The van der Waals surface area contributed by atoms with Crippen molar-refractivity contribution in [3.63, 3.8) is 0 Å². The fraction of sp³-hybridized carbons (Fsp3) is 0.0526. The van der Waals surface area contributed by atoms with Crippen LogP contribution in [0.25, 0.3) is 33.6 Å². The molecule has 4 aromatic heterocycles. The molecule has 0 bridgehead atoms. The van der Waals surface area contributed by atoms with E-state index in [2.05, 4.69) is 20.2 Å². The van der Waals surface area contributed by atoms with Crippen molar-refractivity contribution < 1.29 is 61.5 Å². The zero-order valence-corrected chi connectivity index (χ0v) is 28.6. The Morgan fingerprint density at radius 3 is 1.12 bits per heavy atom. The van der Waals surface area contributed by atoms with Gasteiger partial charge in [-0.15, -0.1) is 10.2 Å². The monoisotopic (exact) mass is 844 g/mol. The van der Waals surface area contributed by atoms with E-state index in [4.69, 9.17) is 0 Å². The third-order valence-electron chi connectivity index (χ3n) is 9.23. The normalized spacial score (nSPS) is 16.0. The van der Waals surface area contributed by atoms with Crippen LogP contribution in [-0.2, 0) is 12.4 Å². The fourth-order valence-corrected chi connectivity index (χ4v) is 6.75. The number of nitriles is 2. The lowest BCUT2D eigenvalue weighted by atomic mass is 9.90. The Bertz CT molecular complexity index is 2850. The quantitative estimate of drug-likeness (QED) is 0.0994. The number of allylic oxidation sites excluding steroid dienone is 10. The van der Waals surface area contributed by atoms with E-state index in [0.29, 0.717) is 0 Å². The van der Waals surface area contributed by atoms with Gasteiger partial charge in [-0.25, -0.2) is 54.1 Å². The first-order valence-corrected chi connectivity index (χ1v) is 16.3. The first-order chi connectivity index (χ1) is 28.3. The molecule has 6 aromatic rings. The highest BCUT2D eigenvalue weighted by molar-refractivity contribution is 6.11. The third-order valence-corrected chi connectivity index (χ3v) is 9.23. The largest absolute Gasteiger partial charge is 0.422 e. The molecular weight excluding hydrogens is 834 g/mol. The van der Waals surface area contributed by atoms with Gasteiger partial charge in [0.1, 0.15) is 23.3 Å². The van der Waals surface area contributed by atoms with Crippen molar-refractivity contribution in [2.75, 3.05) is 0 Å². The third kappa shape index (κ3) is 5.73. The van der Waals surface area contributed by atoms with Gasteiger partial charge in [-0.05, 0) is 47.6 Å². The summed E-state index contributed by atoms with van der Waals surface area (Å²) >= 11 is 0. The van der Waals surface area contributed by atoms with Crippen molar-refractivity contribution in [2.24, 2.45) is 0 Å². The smallest absolute Gasteiger partial charge is 0.221 e. The molecule has 60 heavy (non-hydrogen) atoms. The highest BCUT2D eigenvalue weighted by Crippen LogP contribution is 2.54. The Balaban J connectivity index is 1.53. The van der Waals surface area contributed by atoms with Crippen molar-refractivity contribution in [2.45, 2.75) is 12.4 Å². The Kier molecular flexibility index (Phi) is 8.81. The van der Waals surface area contributed by atoms with Gasteiger partial charge in [-0.2, -0.15) is 36.9 Å². The van der Waals surface area contributed by atoms with Gasteiger partial charge in [0.25, 0.3) is 0 Å². The molecule has 0 N–H and O–H groups in total. The van der Waals surface area contributed by atoms with Crippen LogP contribution in [-0.4, -0.2) is 29.2 Å². The second kappa shape index (κ2) is 13.5. The van der Waals surface area contributed by atoms with Crippen LogP contribution in [0.4, 0.5) is 61.5 Å². The van der Waals surface area contributed by atoms with Crippen molar-refractivity contribution in [1.82, 2.24) is 29.2 Å². The average molecular weight is 845 g/mol. The minimum atomic E-state index is -6.00. The van der Waals surface area contributed by atoms with Crippen molar-refractivity contribution >= 4 is 33.6 Å². The highest BCUT2D eigenvalue weighted by atomic mass is 19.4. The molecule has 0 saturated heterocycles. The minimum absolute atomic E-state index is 0.0285. The summed E-state index contributed by atoms with van der Waals surface area (Å²) in [6.07, 6.45) is -7.63. The number of hydrogen-bond acceptors (Lipinski definition) is 6. The van der Waals surface area contributed by atoms with E-state index < -0.39 is 137 Å². The van der Waals surface area contributed by atoms with E-state index in [1.807, 2.05) is 0 Å². The molecule has 0 amide bonds. The van der Waals surface area contributed by atoms with Gasteiger partial charge in [-0.3, -0.25) is 0 Å². The molecule has 0 spiro atoms. The molecule has 0 atom stereocenters. The molecule has 0 unspecified atom stereocenters. The Morgan fingerprint density at radius 1 is 0.500 bits per heavy atom. The lowest BCUT2D eigenvalue weighted by Crippen LogP contribution is -2.17. The standard InChI is InChI=1S/C38H10F14N8/c39-27-23(28(40)32(44)25(31(27)43)37(47,48)49)17(11-53)21-14-10-16(36-56-20-6-2-4-8-60(20)58-36)22(13(14)9-15(21)35-55-19-5-1-3-7-59(19)57-35)18(12-54)24-29(41)33(45)26(38(50,51)52)34(46)30(24)42/h1-10H/b21-17+,22-18+. The summed E-state index contributed by atoms with van der Waals surface area (Å²) in [7, 11) is 0. The van der Waals surface area contributed by atoms with Crippen LogP contribution >= 0.6 is 0 Å². The molecular formula is C38H10F14N8. The van der Waals surface area contributed by atoms with Gasteiger partial charge in [0, 0.05) is 34.7 Å². The summed E-state index contributed by atoms with van der Waals surface area (Å²) in [6, 6.07) is 11.2. The number of aromatic nitrogens is 6. The molecule has 0 saturated carbocycles. The SMILES string of the molecule is N#C/C(=C1\C(c2nc3ccccn3n2)=CC2=C1C=C(c1nc3ccccn3n1)/C2=C(\C#N)c1c(F)c(F)c(C(F)(F)F)c(F)c1F)c1c(F)c(F)c(C(F)(F)F)c(F)c1F. The molecule has 4 heterocycles. The van der Waals surface area contributed by atoms with E-state index in [-0.39, 0.29) is 11.3 Å². The maximum absolute atomic E-state index is 15.7. The maximum atomic E-state index is 15.7. The van der Waals surface area contributed by atoms with Gasteiger partial charge in [0.2, 0.25) is 0 Å². The molecule has 2 aliphatic rings. The number of nitrogens with zero attached hydrogens (tertiary/aromatic N) is 8.